The molecule has 0 aliphatic heterocycles. The molecule has 0 radical (unpaired) electrons. The molecule has 0 bridgehead atoms. The largest absolute Gasteiger partial charge is 0.348 e. The van der Waals surface area contributed by atoms with Crippen molar-refractivity contribution < 1.29 is 9.18 Å². The molecule has 4 nitrogen and oxygen atoms in total. The summed E-state index contributed by atoms with van der Waals surface area (Å²) >= 11 is 5.71. The van der Waals surface area contributed by atoms with E-state index in [2.05, 4.69) is 10.4 Å². The van der Waals surface area contributed by atoms with Crippen LogP contribution in [0.2, 0.25) is 5.02 Å². The average Bonchev–Trinajstić information content (AvgIpc) is 2.75. The van der Waals surface area contributed by atoms with Crippen molar-refractivity contribution in [2.45, 2.75) is 19.5 Å². The van der Waals surface area contributed by atoms with Crippen LogP contribution >= 0.6 is 11.6 Å². The summed E-state index contributed by atoms with van der Waals surface area (Å²) in [7, 11) is 0. The Bertz CT molecular complexity index is 568. The van der Waals surface area contributed by atoms with E-state index in [0.29, 0.717) is 5.02 Å². The number of benzene rings is 1. The van der Waals surface area contributed by atoms with E-state index in [1.54, 1.807) is 18.3 Å². The van der Waals surface area contributed by atoms with Gasteiger partial charge in [0, 0.05) is 6.20 Å². The first-order valence-electron chi connectivity index (χ1n) is 5.77. The molecule has 1 aromatic carbocycles. The molecule has 1 atom stereocenters. The van der Waals surface area contributed by atoms with Crippen molar-refractivity contribution in [1.29, 1.82) is 0 Å². The normalized spacial score (nSPS) is 12.2. The van der Waals surface area contributed by atoms with Gasteiger partial charge in [0.25, 0.3) is 0 Å². The molecule has 100 valence electrons. The Morgan fingerprint density at radius 2 is 2.16 bits per heavy atom. The summed E-state index contributed by atoms with van der Waals surface area (Å²) in [5.41, 5.74) is 0.841. The molecule has 1 heterocycles. The van der Waals surface area contributed by atoms with E-state index < -0.39 is 0 Å². The van der Waals surface area contributed by atoms with Crippen LogP contribution in [0.15, 0.2) is 36.7 Å². The Labute approximate surface area is 115 Å². The van der Waals surface area contributed by atoms with Gasteiger partial charge in [0.15, 0.2) is 0 Å². The Hall–Kier alpha value is -1.88. The number of nitrogens with zero attached hydrogens (tertiary/aromatic N) is 2. The van der Waals surface area contributed by atoms with Gasteiger partial charge in [-0.2, -0.15) is 5.10 Å². The maximum atomic E-state index is 12.8. The lowest BCUT2D eigenvalue weighted by Crippen LogP contribution is -2.30. The number of nitrogens with one attached hydrogen (secondary N) is 1. The molecule has 2 rings (SSSR count). The van der Waals surface area contributed by atoms with Crippen LogP contribution in [-0.2, 0) is 11.3 Å². The third kappa shape index (κ3) is 3.79. The number of carbonyl (C=O) groups is 1. The van der Waals surface area contributed by atoms with Crippen molar-refractivity contribution in [3.63, 3.8) is 0 Å². The van der Waals surface area contributed by atoms with Crippen LogP contribution in [0.3, 0.4) is 0 Å². The van der Waals surface area contributed by atoms with E-state index >= 15 is 0 Å². The Balaban J connectivity index is 1.93. The van der Waals surface area contributed by atoms with E-state index in [1.807, 2.05) is 6.92 Å². The molecule has 1 unspecified atom stereocenters. The molecule has 0 aliphatic carbocycles. The predicted octanol–water partition coefficient (Wildman–Crippen LogP) is 2.55. The number of carbonyl (C=O) groups excluding carboxylic acids is 1. The van der Waals surface area contributed by atoms with E-state index in [4.69, 9.17) is 11.6 Å². The molecule has 6 heteroatoms. The van der Waals surface area contributed by atoms with E-state index in [-0.39, 0.29) is 24.3 Å². The SMILES string of the molecule is CC(NC(=O)Cn1cc(Cl)cn1)c1ccc(F)cc1. The van der Waals surface area contributed by atoms with Gasteiger partial charge < -0.3 is 5.32 Å². The Morgan fingerprint density at radius 1 is 1.47 bits per heavy atom. The molecule has 1 N–H and O–H groups in total. The maximum Gasteiger partial charge on any atom is 0.242 e. The van der Waals surface area contributed by atoms with Crippen LogP contribution < -0.4 is 5.32 Å². The Morgan fingerprint density at radius 3 is 2.74 bits per heavy atom. The summed E-state index contributed by atoms with van der Waals surface area (Å²) in [6, 6.07) is 5.83. The molecule has 0 fully saturated rings. The van der Waals surface area contributed by atoms with Gasteiger partial charge in [-0.25, -0.2) is 4.39 Å². The van der Waals surface area contributed by atoms with Gasteiger partial charge >= 0.3 is 0 Å². The second kappa shape index (κ2) is 5.84. The molecule has 0 saturated carbocycles. The third-order valence-electron chi connectivity index (χ3n) is 2.65. The summed E-state index contributed by atoms with van der Waals surface area (Å²) in [5, 5.41) is 7.22. The smallest absolute Gasteiger partial charge is 0.242 e. The minimum Gasteiger partial charge on any atom is -0.348 e. The van der Waals surface area contributed by atoms with Crippen LogP contribution in [0.25, 0.3) is 0 Å². The second-order valence-corrected chi connectivity index (χ2v) is 4.63. The van der Waals surface area contributed by atoms with Crippen LogP contribution in [0.1, 0.15) is 18.5 Å². The van der Waals surface area contributed by atoms with E-state index in [9.17, 15) is 9.18 Å². The Kier molecular flexibility index (Phi) is 4.16. The lowest BCUT2D eigenvalue weighted by Gasteiger charge is -2.14. The summed E-state index contributed by atoms with van der Waals surface area (Å²) in [5.74, 6) is -0.481. The van der Waals surface area contributed by atoms with Gasteiger partial charge in [-0.1, -0.05) is 23.7 Å². The molecular weight excluding hydrogens is 269 g/mol. The quantitative estimate of drug-likeness (QED) is 0.936. The van der Waals surface area contributed by atoms with Gasteiger partial charge in [-0.05, 0) is 24.6 Å². The van der Waals surface area contributed by atoms with Crippen LogP contribution in [0.4, 0.5) is 4.39 Å². The molecular formula is C13H13ClFN3O. The average molecular weight is 282 g/mol. The standard InChI is InChI=1S/C13H13ClFN3O/c1-9(10-2-4-12(15)5-3-10)17-13(19)8-18-7-11(14)6-16-18/h2-7,9H,8H2,1H3,(H,17,19). The number of amides is 1. The van der Waals surface area contributed by atoms with Crippen LogP contribution in [0, 0.1) is 5.82 Å². The van der Waals surface area contributed by atoms with Gasteiger partial charge in [0.2, 0.25) is 5.91 Å². The molecule has 19 heavy (non-hydrogen) atoms. The van der Waals surface area contributed by atoms with Crippen LogP contribution in [0.5, 0.6) is 0 Å². The first-order valence-corrected chi connectivity index (χ1v) is 6.15. The minimum absolute atomic E-state index is 0.0955. The van der Waals surface area contributed by atoms with Crippen molar-refractivity contribution in [1.82, 2.24) is 15.1 Å². The van der Waals surface area contributed by atoms with Gasteiger partial charge in [-0.3, -0.25) is 9.48 Å². The highest BCUT2D eigenvalue weighted by Gasteiger charge is 2.10. The van der Waals surface area contributed by atoms with Crippen molar-refractivity contribution in [2.75, 3.05) is 0 Å². The number of aromatic nitrogens is 2. The number of hydrogen-bond acceptors (Lipinski definition) is 2. The minimum atomic E-state index is -0.298. The third-order valence-corrected chi connectivity index (χ3v) is 2.85. The monoisotopic (exact) mass is 281 g/mol. The first kappa shape index (κ1) is 13.5. The zero-order valence-corrected chi connectivity index (χ0v) is 11.1. The van der Waals surface area contributed by atoms with E-state index in [1.165, 1.54) is 23.0 Å². The fourth-order valence-electron chi connectivity index (χ4n) is 1.69. The second-order valence-electron chi connectivity index (χ2n) is 4.20. The maximum absolute atomic E-state index is 12.8. The molecule has 2 aromatic rings. The summed E-state index contributed by atoms with van der Waals surface area (Å²) in [6.45, 7) is 1.93. The zero-order valence-electron chi connectivity index (χ0n) is 10.3. The fourth-order valence-corrected chi connectivity index (χ4v) is 1.85. The van der Waals surface area contributed by atoms with Crippen LogP contribution in [-0.4, -0.2) is 15.7 Å². The van der Waals surface area contributed by atoms with Crippen molar-refractivity contribution in [3.8, 4) is 0 Å². The molecule has 0 aliphatic rings. The molecule has 0 spiro atoms. The lowest BCUT2D eigenvalue weighted by atomic mass is 10.1. The highest BCUT2D eigenvalue weighted by atomic mass is 35.5. The van der Waals surface area contributed by atoms with Crippen molar-refractivity contribution >= 4 is 17.5 Å². The molecule has 1 amide bonds. The lowest BCUT2D eigenvalue weighted by molar-refractivity contribution is -0.122. The van der Waals surface area contributed by atoms with Crippen molar-refractivity contribution in [2.24, 2.45) is 0 Å². The molecule has 1 aromatic heterocycles. The molecule has 0 saturated heterocycles. The number of halogens is 2. The highest BCUT2D eigenvalue weighted by molar-refractivity contribution is 6.30. The number of hydrogen-bond donors (Lipinski definition) is 1. The van der Waals surface area contributed by atoms with Gasteiger partial charge in [0.05, 0.1) is 17.3 Å². The highest BCUT2D eigenvalue weighted by Crippen LogP contribution is 2.12. The summed E-state index contributed by atoms with van der Waals surface area (Å²) in [6.07, 6.45) is 3.04. The zero-order chi connectivity index (χ0) is 13.8. The first-order chi connectivity index (χ1) is 9.04. The predicted molar refractivity (Wildman–Crippen MR) is 70.2 cm³/mol. The van der Waals surface area contributed by atoms with Gasteiger partial charge in [0.1, 0.15) is 12.4 Å². The topological polar surface area (TPSA) is 46.9 Å². The van der Waals surface area contributed by atoms with Gasteiger partial charge in [-0.15, -0.1) is 0 Å². The fraction of sp³-hybridized carbons (Fsp3) is 0.231. The van der Waals surface area contributed by atoms with Crippen molar-refractivity contribution in [3.05, 3.63) is 53.1 Å². The van der Waals surface area contributed by atoms with E-state index in [0.717, 1.165) is 5.56 Å². The summed E-state index contributed by atoms with van der Waals surface area (Å²) in [4.78, 5) is 11.8. The summed E-state index contributed by atoms with van der Waals surface area (Å²) < 4.78 is 14.2. The number of rotatable bonds is 4.